The van der Waals surface area contributed by atoms with E-state index in [1.807, 2.05) is 54.6 Å². The van der Waals surface area contributed by atoms with Crippen molar-refractivity contribution in [3.8, 4) is 5.75 Å². The standard InChI is InChI=1S/C22H26N2O4S/c1-3-28-21(26)13-14-24(16-18-7-5-4-6-8-18)22(29)23-20(25)15-17-9-11-19(27-2)12-10-17/h4-12H,3,13-16H2,1-2H3,(H,23,25,29). The Kier molecular flexibility index (Phi) is 9.11. The summed E-state index contributed by atoms with van der Waals surface area (Å²) in [5, 5.41) is 3.06. The summed E-state index contributed by atoms with van der Waals surface area (Å²) in [6.45, 7) is 2.95. The van der Waals surface area contributed by atoms with Crippen LogP contribution in [0.4, 0.5) is 0 Å². The van der Waals surface area contributed by atoms with Crippen LogP contribution in [-0.4, -0.2) is 42.2 Å². The molecule has 0 saturated heterocycles. The van der Waals surface area contributed by atoms with Crippen molar-refractivity contribution < 1.29 is 19.1 Å². The molecule has 0 aliphatic heterocycles. The highest BCUT2D eigenvalue weighted by Crippen LogP contribution is 2.12. The highest BCUT2D eigenvalue weighted by atomic mass is 32.1. The number of methoxy groups -OCH3 is 1. The minimum absolute atomic E-state index is 0.190. The van der Waals surface area contributed by atoms with Crippen molar-refractivity contribution in [2.45, 2.75) is 26.3 Å². The number of nitrogens with zero attached hydrogens (tertiary/aromatic N) is 1. The van der Waals surface area contributed by atoms with Crippen LogP contribution in [0.25, 0.3) is 0 Å². The zero-order valence-electron chi connectivity index (χ0n) is 16.7. The van der Waals surface area contributed by atoms with Crippen molar-refractivity contribution in [2.75, 3.05) is 20.3 Å². The molecule has 0 aliphatic rings. The topological polar surface area (TPSA) is 67.9 Å². The highest BCUT2D eigenvalue weighted by Gasteiger charge is 2.15. The Balaban J connectivity index is 1.98. The maximum Gasteiger partial charge on any atom is 0.307 e. The molecule has 2 aromatic carbocycles. The smallest absolute Gasteiger partial charge is 0.307 e. The normalized spacial score (nSPS) is 10.1. The number of esters is 1. The molecule has 0 saturated carbocycles. The lowest BCUT2D eigenvalue weighted by atomic mass is 10.1. The monoisotopic (exact) mass is 414 g/mol. The van der Waals surface area contributed by atoms with Crippen LogP contribution in [0.2, 0.25) is 0 Å². The van der Waals surface area contributed by atoms with Gasteiger partial charge in [0.1, 0.15) is 5.75 Å². The molecule has 154 valence electrons. The number of hydrogen-bond donors (Lipinski definition) is 1. The lowest BCUT2D eigenvalue weighted by Crippen LogP contribution is -2.43. The summed E-state index contributed by atoms with van der Waals surface area (Å²) in [5.74, 6) is 0.227. The Morgan fingerprint density at radius 1 is 1.03 bits per heavy atom. The average molecular weight is 415 g/mol. The van der Waals surface area contributed by atoms with Crippen LogP contribution in [0.1, 0.15) is 24.5 Å². The molecule has 0 aliphatic carbocycles. The molecule has 1 amide bonds. The first-order valence-electron chi connectivity index (χ1n) is 9.43. The maximum absolute atomic E-state index is 12.4. The Hall–Kier alpha value is -2.93. The van der Waals surface area contributed by atoms with Crippen molar-refractivity contribution in [2.24, 2.45) is 0 Å². The minimum atomic E-state index is -0.294. The van der Waals surface area contributed by atoms with E-state index in [9.17, 15) is 9.59 Å². The molecule has 0 fully saturated rings. The lowest BCUT2D eigenvalue weighted by Gasteiger charge is -2.25. The lowest BCUT2D eigenvalue weighted by molar-refractivity contribution is -0.143. The second-order valence-electron chi connectivity index (χ2n) is 6.34. The van der Waals surface area contributed by atoms with Gasteiger partial charge in [-0.05, 0) is 42.4 Å². The first-order valence-corrected chi connectivity index (χ1v) is 9.84. The number of amides is 1. The summed E-state index contributed by atoms with van der Waals surface area (Å²) in [4.78, 5) is 26.0. The predicted molar refractivity (Wildman–Crippen MR) is 116 cm³/mol. The van der Waals surface area contributed by atoms with Crippen molar-refractivity contribution in [1.29, 1.82) is 0 Å². The van der Waals surface area contributed by atoms with Gasteiger partial charge in [-0.1, -0.05) is 42.5 Å². The molecule has 0 aromatic heterocycles. The Bertz CT molecular complexity index is 809. The van der Waals surface area contributed by atoms with Gasteiger partial charge >= 0.3 is 5.97 Å². The molecule has 2 rings (SSSR count). The highest BCUT2D eigenvalue weighted by molar-refractivity contribution is 7.80. The van der Waals surface area contributed by atoms with Crippen LogP contribution in [0.15, 0.2) is 54.6 Å². The van der Waals surface area contributed by atoms with Gasteiger partial charge in [0.05, 0.1) is 26.6 Å². The zero-order chi connectivity index (χ0) is 21.1. The largest absolute Gasteiger partial charge is 0.497 e. The van der Waals surface area contributed by atoms with E-state index >= 15 is 0 Å². The molecule has 0 bridgehead atoms. The zero-order valence-corrected chi connectivity index (χ0v) is 17.5. The first kappa shape index (κ1) is 22.4. The van der Waals surface area contributed by atoms with Crippen LogP contribution in [0.5, 0.6) is 5.75 Å². The molecule has 6 nitrogen and oxygen atoms in total. The second-order valence-corrected chi connectivity index (χ2v) is 6.73. The van der Waals surface area contributed by atoms with E-state index in [2.05, 4.69) is 5.32 Å². The van der Waals surface area contributed by atoms with Gasteiger partial charge in [-0.25, -0.2) is 0 Å². The minimum Gasteiger partial charge on any atom is -0.497 e. The number of nitrogens with one attached hydrogen (secondary N) is 1. The van der Waals surface area contributed by atoms with E-state index in [4.69, 9.17) is 21.7 Å². The van der Waals surface area contributed by atoms with Crippen LogP contribution in [0.3, 0.4) is 0 Å². The molecule has 7 heteroatoms. The third-order valence-electron chi connectivity index (χ3n) is 4.16. The number of carbonyl (C=O) groups excluding carboxylic acids is 2. The number of ether oxygens (including phenoxy) is 2. The molecule has 0 spiro atoms. The fourth-order valence-corrected chi connectivity index (χ4v) is 2.96. The molecular formula is C22H26N2O4S. The SMILES string of the molecule is CCOC(=O)CCN(Cc1ccccc1)C(=S)NC(=O)Cc1ccc(OC)cc1. The quantitative estimate of drug-likeness (QED) is 0.502. The van der Waals surface area contributed by atoms with Gasteiger partial charge in [-0.2, -0.15) is 0 Å². The van der Waals surface area contributed by atoms with Gasteiger partial charge < -0.3 is 19.7 Å². The number of hydrogen-bond acceptors (Lipinski definition) is 5. The molecule has 0 heterocycles. The van der Waals surface area contributed by atoms with Gasteiger partial charge in [0, 0.05) is 13.1 Å². The number of thiocarbonyl (C=S) groups is 1. The van der Waals surface area contributed by atoms with Gasteiger partial charge in [0.2, 0.25) is 5.91 Å². The van der Waals surface area contributed by atoms with Gasteiger partial charge in [0.15, 0.2) is 5.11 Å². The van der Waals surface area contributed by atoms with E-state index in [1.165, 1.54) is 0 Å². The maximum atomic E-state index is 12.4. The summed E-state index contributed by atoms with van der Waals surface area (Å²) < 4.78 is 10.1. The molecule has 0 atom stereocenters. The number of carbonyl (C=O) groups is 2. The van der Waals surface area contributed by atoms with Crippen molar-refractivity contribution in [3.05, 3.63) is 65.7 Å². The fourth-order valence-electron chi connectivity index (χ4n) is 2.69. The van der Waals surface area contributed by atoms with Crippen molar-refractivity contribution in [1.82, 2.24) is 10.2 Å². The van der Waals surface area contributed by atoms with E-state index in [0.717, 1.165) is 16.9 Å². The summed E-state index contributed by atoms with van der Waals surface area (Å²) in [6.07, 6.45) is 0.385. The molecular weight excluding hydrogens is 388 g/mol. The molecule has 29 heavy (non-hydrogen) atoms. The summed E-state index contributed by atoms with van der Waals surface area (Å²) in [5.41, 5.74) is 1.88. The number of benzene rings is 2. The summed E-state index contributed by atoms with van der Waals surface area (Å²) >= 11 is 5.45. The predicted octanol–water partition coefficient (Wildman–Crippen LogP) is 3.09. The van der Waals surface area contributed by atoms with Gasteiger partial charge in [-0.3, -0.25) is 9.59 Å². The van der Waals surface area contributed by atoms with Gasteiger partial charge in [-0.15, -0.1) is 0 Å². The van der Waals surface area contributed by atoms with Crippen molar-refractivity contribution >= 4 is 29.2 Å². The molecule has 0 radical (unpaired) electrons. The Morgan fingerprint density at radius 3 is 2.34 bits per heavy atom. The van der Waals surface area contributed by atoms with Crippen LogP contribution >= 0.6 is 12.2 Å². The van der Waals surface area contributed by atoms with Crippen LogP contribution in [-0.2, 0) is 27.3 Å². The molecule has 2 aromatic rings. The first-order chi connectivity index (χ1) is 14.0. The second kappa shape index (κ2) is 11.8. The van der Waals surface area contributed by atoms with E-state index in [0.29, 0.717) is 19.7 Å². The summed E-state index contributed by atoms with van der Waals surface area (Å²) in [6, 6.07) is 17.0. The third-order valence-corrected chi connectivity index (χ3v) is 4.52. The van der Waals surface area contributed by atoms with Crippen molar-refractivity contribution in [3.63, 3.8) is 0 Å². The Labute approximate surface area is 176 Å². The Morgan fingerprint density at radius 2 is 1.72 bits per heavy atom. The van der Waals surface area contributed by atoms with Gasteiger partial charge in [0.25, 0.3) is 0 Å². The molecule has 1 N–H and O–H groups in total. The fraction of sp³-hybridized carbons (Fsp3) is 0.318. The summed E-state index contributed by atoms with van der Waals surface area (Å²) in [7, 11) is 1.60. The van der Waals surface area contributed by atoms with Crippen LogP contribution < -0.4 is 10.1 Å². The van der Waals surface area contributed by atoms with E-state index in [1.54, 1.807) is 18.9 Å². The van der Waals surface area contributed by atoms with E-state index < -0.39 is 0 Å². The third kappa shape index (κ3) is 7.91. The number of rotatable bonds is 9. The van der Waals surface area contributed by atoms with Crippen LogP contribution in [0, 0.1) is 0 Å². The van der Waals surface area contributed by atoms with E-state index in [-0.39, 0.29) is 29.8 Å². The average Bonchev–Trinajstić information content (AvgIpc) is 2.72. The molecule has 0 unspecified atom stereocenters.